The molecular formula is C13H22N4O. The number of nitrogens with two attached hydrogens (primary N) is 1. The summed E-state index contributed by atoms with van der Waals surface area (Å²) in [5.74, 6) is -0.0498. The van der Waals surface area contributed by atoms with Crippen LogP contribution in [0.3, 0.4) is 0 Å². The van der Waals surface area contributed by atoms with Crippen LogP contribution in [0.15, 0.2) is 12.3 Å². The number of aryl methyl sites for hydroxylation is 1. The van der Waals surface area contributed by atoms with Crippen LogP contribution in [-0.4, -0.2) is 41.6 Å². The average Bonchev–Trinajstić information content (AvgIpc) is 2.70. The third-order valence-electron chi connectivity index (χ3n) is 3.42. The van der Waals surface area contributed by atoms with Crippen molar-refractivity contribution >= 4 is 11.6 Å². The Morgan fingerprint density at radius 1 is 1.39 bits per heavy atom. The number of piperidine rings is 1. The van der Waals surface area contributed by atoms with E-state index in [4.69, 9.17) is 5.73 Å². The van der Waals surface area contributed by atoms with E-state index in [1.54, 1.807) is 16.8 Å². The van der Waals surface area contributed by atoms with Crippen LogP contribution >= 0.6 is 0 Å². The largest absolute Gasteiger partial charge is 0.397 e. The summed E-state index contributed by atoms with van der Waals surface area (Å²) in [6.45, 7) is 3.95. The van der Waals surface area contributed by atoms with Gasteiger partial charge < -0.3 is 20.5 Å². The number of anilines is 1. The molecule has 3 N–H and O–H groups in total. The Balaban J connectivity index is 1.76. The summed E-state index contributed by atoms with van der Waals surface area (Å²) in [4.78, 5) is 14.3. The number of aromatic nitrogens is 1. The average molecular weight is 250 g/mol. The van der Waals surface area contributed by atoms with Gasteiger partial charge in [0.15, 0.2) is 0 Å². The molecule has 0 aliphatic carbocycles. The Kier molecular flexibility index (Phi) is 4.25. The molecule has 1 aromatic heterocycles. The molecule has 1 aliphatic rings. The van der Waals surface area contributed by atoms with Crippen LogP contribution in [0.25, 0.3) is 0 Å². The molecule has 5 heteroatoms. The van der Waals surface area contributed by atoms with Crippen molar-refractivity contribution in [3.8, 4) is 0 Å². The molecule has 0 spiro atoms. The number of nitrogens with zero attached hydrogens (tertiary/aromatic N) is 2. The second-order valence-electron chi connectivity index (χ2n) is 4.93. The zero-order valence-electron chi connectivity index (χ0n) is 11.0. The zero-order chi connectivity index (χ0) is 13.0. The second-order valence-corrected chi connectivity index (χ2v) is 4.93. The summed E-state index contributed by atoms with van der Waals surface area (Å²) in [6.07, 6.45) is 5.65. The Labute approximate surface area is 108 Å². The highest BCUT2D eigenvalue weighted by atomic mass is 16.1. The number of hydrogen-bond donors (Lipinski definition) is 2. The first-order valence-corrected chi connectivity index (χ1v) is 6.59. The Morgan fingerprint density at radius 3 is 2.72 bits per heavy atom. The predicted molar refractivity (Wildman–Crippen MR) is 72.4 cm³/mol. The van der Waals surface area contributed by atoms with Gasteiger partial charge in [0.1, 0.15) is 5.69 Å². The van der Waals surface area contributed by atoms with Crippen LogP contribution in [-0.2, 0) is 7.05 Å². The molecule has 0 aromatic carbocycles. The van der Waals surface area contributed by atoms with Crippen LogP contribution < -0.4 is 11.1 Å². The third-order valence-corrected chi connectivity index (χ3v) is 3.42. The number of rotatable bonds is 4. The highest BCUT2D eigenvalue weighted by molar-refractivity contribution is 5.93. The fourth-order valence-electron chi connectivity index (χ4n) is 2.42. The second kappa shape index (κ2) is 5.91. The number of amides is 1. The lowest BCUT2D eigenvalue weighted by molar-refractivity contribution is 0.0938. The van der Waals surface area contributed by atoms with Crippen molar-refractivity contribution in [2.45, 2.75) is 19.3 Å². The van der Waals surface area contributed by atoms with Gasteiger partial charge in [-0.25, -0.2) is 0 Å². The molecule has 0 saturated carbocycles. The van der Waals surface area contributed by atoms with Gasteiger partial charge in [-0.05, 0) is 32.0 Å². The SMILES string of the molecule is Cn1cc(N)cc1C(=O)NCCN1CCCCC1. The summed E-state index contributed by atoms with van der Waals surface area (Å²) in [5.41, 5.74) is 6.89. The summed E-state index contributed by atoms with van der Waals surface area (Å²) < 4.78 is 1.76. The lowest BCUT2D eigenvalue weighted by Gasteiger charge is -2.26. The standard InChI is InChI=1S/C13H22N4O/c1-16-10-11(14)9-12(16)13(18)15-5-8-17-6-3-2-4-7-17/h9-10H,2-8,14H2,1H3,(H,15,18). The van der Waals surface area contributed by atoms with E-state index in [0.29, 0.717) is 17.9 Å². The van der Waals surface area contributed by atoms with Gasteiger partial charge in [0.25, 0.3) is 5.91 Å². The molecule has 1 amide bonds. The Hall–Kier alpha value is -1.49. The quantitative estimate of drug-likeness (QED) is 0.831. The molecule has 1 aliphatic heterocycles. The summed E-state index contributed by atoms with van der Waals surface area (Å²) in [6, 6.07) is 1.70. The Bertz CT molecular complexity index is 407. The van der Waals surface area contributed by atoms with Gasteiger partial charge in [0, 0.05) is 26.3 Å². The van der Waals surface area contributed by atoms with Crippen molar-refractivity contribution in [1.82, 2.24) is 14.8 Å². The van der Waals surface area contributed by atoms with Crippen molar-refractivity contribution in [3.63, 3.8) is 0 Å². The summed E-state index contributed by atoms with van der Waals surface area (Å²) in [5, 5.41) is 2.94. The lowest BCUT2D eigenvalue weighted by Crippen LogP contribution is -2.38. The van der Waals surface area contributed by atoms with Crippen molar-refractivity contribution in [1.29, 1.82) is 0 Å². The molecule has 1 fully saturated rings. The van der Waals surface area contributed by atoms with E-state index in [1.807, 2.05) is 7.05 Å². The van der Waals surface area contributed by atoms with E-state index in [1.165, 1.54) is 19.3 Å². The number of nitrogen functional groups attached to an aromatic ring is 1. The minimum Gasteiger partial charge on any atom is -0.397 e. The fraction of sp³-hybridized carbons (Fsp3) is 0.615. The van der Waals surface area contributed by atoms with Gasteiger partial charge in [0.2, 0.25) is 0 Å². The van der Waals surface area contributed by atoms with Gasteiger partial charge in [-0.2, -0.15) is 0 Å². The maximum Gasteiger partial charge on any atom is 0.268 e. The smallest absolute Gasteiger partial charge is 0.268 e. The number of likely N-dealkylation sites (tertiary alicyclic amines) is 1. The van der Waals surface area contributed by atoms with E-state index in [-0.39, 0.29) is 5.91 Å². The van der Waals surface area contributed by atoms with Crippen molar-refractivity contribution in [3.05, 3.63) is 18.0 Å². The van der Waals surface area contributed by atoms with Gasteiger partial charge in [0.05, 0.1) is 5.69 Å². The first-order chi connectivity index (χ1) is 8.66. The molecule has 1 aromatic rings. The topological polar surface area (TPSA) is 63.3 Å². The highest BCUT2D eigenvalue weighted by Crippen LogP contribution is 2.09. The first kappa shape index (κ1) is 13.0. The minimum atomic E-state index is -0.0498. The molecule has 0 radical (unpaired) electrons. The molecule has 2 heterocycles. The van der Waals surface area contributed by atoms with Gasteiger partial charge >= 0.3 is 0 Å². The van der Waals surface area contributed by atoms with Gasteiger partial charge in [-0.1, -0.05) is 6.42 Å². The molecule has 100 valence electrons. The molecule has 2 rings (SSSR count). The fourth-order valence-corrected chi connectivity index (χ4v) is 2.42. The molecule has 0 bridgehead atoms. The predicted octanol–water partition coefficient (Wildman–Crippen LogP) is 0.823. The normalized spacial score (nSPS) is 16.7. The van der Waals surface area contributed by atoms with Crippen LogP contribution in [0.2, 0.25) is 0 Å². The van der Waals surface area contributed by atoms with E-state index in [0.717, 1.165) is 19.6 Å². The van der Waals surface area contributed by atoms with Crippen LogP contribution in [0.5, 0.6) is 0 Å². The van der Waals surface area contributed by atoms with Gasteiger partial charge in [-0.3, -0.25) is 4.79 Å². The van der Waals surface area contributed by atoms with Crippen molar-refractivity contribution in [2.75, 3.05) is 31.9 Å². The van der Waals surface area contributed by atoms with Crippen molar-refractivity contribution < 1.29 is 4.79 Å². The zero-order valence-corrected chi connectivity index (χ0v) is 11.0. The first-order valence-electron chi connectivity index (χ1n) is 6.59. The summed E-state index contributed by atoms with van der Waals surface area (Å²) >= 11 is 0. The van der Waals surface area contributed by atoms with E-state index in [2.05, 4.69) is 10.2 Å². The highest BCUT2D eigenvalue weighted by Gasteiger charge is 2.12. The van der Waals surface area contributed by atoms with Crippen LogP contribution in [0.4, 0.5) is 5.69 Å². The van der Waals surface area contributed by atoms with Gasteiger partial charge in [-0.15, -0.1) is 0 Å². The molecular weight excluding hydrogens is 228 g/mol. The lowest BCUT2D eigenvalue weighted by atomic mass is 10.1. The van der Waals surface area contributed by atoms with E-state index >= 15 is 0 Å². The van der Waals surface area contributed by atoms with E-state index in [9.17, 15) is 4.79 Å². The van der Waals surface area contributed by atoms with E-state index < -0.39 is 0 Å². The van der Waals surface area contributed by atoms with Crippen molar-refractivity contribution in [2.24, 2.45) is 7.05 Å². The number of carbonyl (C=O) groups is 1. The monoisotopic (exact) mass is 250 g/mol. The number of hydrogen-bond acceptors (Lipinski definition) is 3. The molecule has 1 saturated heterocycles. The molecule has 18 heavy (non-hydrogen) atoms. The summed E-state index contributed by atoms with van der Waals surface area (Å²) in [7, 11) is 1.83. The maximum absolute atomic E-state index is 11.9. The maximum atomic E-state index is 11.9. The van der Waals surface area contributed by atoms with Crippen LogP contribution in [0, 0.1) is 0 Å². The molecule has 0 unspecified atom stereocenters. The minimum absolute atomic E-state index is 0.0498. The molecule has 0 atom stereocenters. The number of nitrogens with one attached hydrogen (secondary N) is 1. The van der Waals surface area contributed by atoms with Crippen LogP contribution in [0.1, 0.15) is 29.8 Å². The third kappa shape index (κ3) is 3.26. The number of carbonyl (C=O) groups excluding carboxylic acids is 1. The Morgan fingerprint density at radius 2 is 2.11 bits per heavy atom. The molecule has 5 nitrogen and oxygen atoms in total.